The standard InChI is InChI=1S/C22H30N2O4/c1-16-11-17(2)13-22(12-16)27-10-9-24(4)14-20(26)15-28-21-7-5-19(6-8-21)23-18(3)25/h5-8,11-13,20,26H,9-10,14-15H2,1-4H3,(H,23,25). The molecule has 1 unspecified atom stereocenters. The number of nitrogens with one attached hydrogen (secondary N) is 1. The third-order valence-corrected chi connectivity index (χ3v) is 4.08. The van der Waals surface area contributed by atoms with Crippen molar-refractivity contribution >= 4 is 11.6 Å². The molecule has 0 bridgehead atoms. The molecule has 0 aliphatic carbocycles. The van der Waals surface area contributed by atoms with Crippen LogP contribution in [0.15, 0.2) is 42.5 Å². The molecule has 1 amide bonds. The molecule has 0 fully saturated rings. The first-order valence-corrected chi connectivity index (χ1v) is 9.40. The topological polar surface area (TPSA) is 71.0 Å². The molecule has 6 heteroatoms. The quantitative estimate of drug-likeness (QED) is 0.657. The van der Waals surface area contributed by atoms with Gasteiger partial charge in [-0.25, -0.2) is 0 Å². The molecular weight excluding hydrogens is 356 g/mol. The normalized spacial score (nSPS) is 11.9. The zero-order chi connectivity index (χ0) is 20.5. The number of aliphatic hydroxyl groups is 1. The van der Waals surface area contributed by atoms with Crippen LogP contribution >= 0.6 is 0 Å². The highest BCUT2D eigenvalue weighted by Gasteiger charge is 2.10. The summed E-state index contributed by atoms with van der Waals surface area (Å²) in [4.78, 5) is 13.0. The first kappa shape index (κ1) is 21.7. The van der Waals surface area contributed by atoms with Crippen molar-refractivity contribution in [2.75, 3.05) is 38.7 Å². The van der Waals surface area contributed by atoms with Crippen LogP contribution in [-0.2, 0) is 4.79 Å². The third-order valence-electron chi connectivity index (χ3n) is 4.08. The van der Waals surface area contributed by atoms with E-state index in [2.05, 4.69) is 25.2 Å². The maximum absolute atomic E-state index is 11.0. The van der Waals surface area contributed by atoms with E-state index in [-0.39, 0.29) is 12.5 Å². The van der Waals surface area contributed by atoms with E-state index >= 15 is 0 Å². The fraction of sp³-hybridized carbons (Fsp3) is 0.409. The molecule has 28 heavy (non-hydrogen) atoms. The van der Waals surface area contributed by atoms with E-state index in [0.29, 0.717) is 31.1 Å². The SMILES string of the molecule is CC(=O)Nc1ccc(OCC(O)CN(C)CCOc2cc(C)cc(C)c2)cc1. The minimum atomic E-state index is -0.610. The number of benzene rings is 2. The van der Waals surface area contributed by atoms with Crippen molar-refractivity contribution < 1.29 is 19.4 Å². The Kier molecular flexibility index (Phi) is 8.29. The lowest BCUT2D eigenvalue weighted by Crippen LogP contribution is -2.35. The van der Waals surface area contributed by atoms with Crippen LogP contribution in [0.1, 0.15) is 18.1 Å². The average molecular weight is 386 g/mol. The summed E-state index contributed by atoms with van der Waals surface area (Å²) in [7, 11) is 1.94. The molecule has 0 radical (unpaired) electrons. The summed E-state index contributed by atoms with van der Waals surface area (Å²) in [6.07, 6.45) is -0.610. The van der Waals surface area contributed by atoms with Crippen molar-refractivity contribution in [3.05, 3.63) is 53.6 Å². The van der Waals surface area contributed by atoms with Gasteiger partial charge in [0.2, 0.25) is 5.91 Å². The van der Waals surface area contributed by atoms with Gasteiger partial charge in [0, 0.05) is 25.7 Å². The number of rotatable bonds is 10. The molecular formula is C22H30N2O4. The first-order valence-electron chi connectivity index (χ1n) is 9.40. The zero-order valence-electron chi connectivity index (χ0n) is 17.1. The van der Waals surface area contributed by atoms with E-state index in [1.807, 2.05) is 24.1 Å². The molecule has 2 rings (SSSR count). The van der Waals surface area contributed by atoms with Crippen LogP contribution in [0.4, 0.5) is 5.69 Å². The number of anilines is 1. The van der Waals surface area contributed by atoms with Gasteiger partial charge in [0.05, 0.1) is 0 Å². The second-order valence-electron chi connectivity index (χ2n) is 7.10. The molecule has 1 atom stereocenters. The van der Waals surface area contributed by atoms with E-state index in [9.17, 15) is 9.90 Å². The zero-order valence-corrected chi connectivity index (χ0v) is 17.1. The number of carbonyl (C=O) groups excluding carboxylic acids is 1. The molecule has 2 aromatic rings. The average Bonchev–Trinajstić information content (AvgIpc) is 2.60. The van der Waals surface area contributed by atoms with E-state index in [0.717, 1.165) is 5.75 Å². The van der Waals surface area contributed by atoms with Gasteiger partial charge < -0.3 is 24.8 Å². The Bertz CT molecular complexity index is 741. The third kappa shape index (κ3) is 7.98. The number of ether oxygens (including phenoxy) is 2. The van der Waals surface area contributed by atoms with Crippen LogP contribution in [0.5, 0.6) is 11.5 Å². The van der Waals surface area contributed by atoms with Gasteiger partial charge in [-0.15, -0.1) is 0 Å². The van der Waals surface area contributed by atoms with Crippen molar-refractivity contribution in [3.8, 4) is 11.5 Å². The van der Waals surface area contributed by atoms with Crippen molar-refractivity contribution in [3.63, 3.8) is 0 Å². The molecule has 0 saturated carbocycles. The highest BCUT2D eigenvalue weighted by atomic mass is 16.5. The summed E-state index contributed by atoms with van der Waals surface area (Å²) in [5, 5.41) is 12.9. The number of carbonyl (C=O) groups is 1. The lowest BCUT2D eigenvalue weighted by atomic mass is 10.1. The van der Waals surface area contributed by atoms with Crippen LogP contribution in [0.2, 0.25) is 0 Å². The molecule has 152 valence electrons. The fourth-order valence-electron chi connectivity index (χ4n) is 2.87. The molecule has 2 aromatic carbocycles. The van der Waals surface area contributed by atoms with Gasteiger partial charge in [-0.1, -0.05) is 6.07 Å². The highest BCUT2D eigenvalue weighted by Crippen LogP contribution is 2.17. The number of nitrogens with zero attached hydrogens (tertiary/aromatic N) is 1. The smallest absolute Gasteiger partial charge is 0.221 e. The number of aliphatic hydroxyl groups excluding tert-OH is 1. The number of aryl methyl sites for hydroxylation is 2. The van der Waals surface area contributed by atoms with Gasteiger partial charge in [-0.3, -0.25) is 4.79 Å². The Hall–Kier alpha value is -2.57. The Morgan fingerprint density at radius 3 is 2.32 bits per heavy atom. The van der Waals surface area contributed by atoms with Gasteiger partial charge in [-0.2, -0.15) is 0 Å². The van der Waals surface area contributed by atoms with Crippen LogP contribution < -0.4 is 14.8 Å². The summed E-state index contributed by atoms with van der Waals surface area (Å²) in [5.74, 6) is 1.40. The molecule has 0 spiro atoms. The lowest BCUT2D eigenvalue weighted by Gasteiger charge is -2.21. The molecule has 2 N–H and O–H groups in total. The van der Waals surface area contributed by atoms with E-state index < -0.39 is 6.10 Å². The van der Waals surface area contributed by atoms with Crippen LogP contribution in [0.3, 0.4) is 0 Å². The molecule has 0 aliphatic heterocycles. The van der Waals surface area contributed by atoms with Gasteiger partial charge in [0.25, 0.3) is 0 Å². The maximum Gasteiger partial charge on any atom is 0.221 e. The van der Waals surface area contributed by atoms with Gasteiger partial charge in [-0.05, 0) is 68.4 Å². The molecule has 0 aromatic heterocycles. The second-order valence-corrected chi connectivity index (χ2v) is 7.10. The predicted molar refractivity (Wildman–Crippen MR) is 111 cm³/mol. The number of hydrogen-bond acceptors (Lipinski definition) is 5. The minimum absolute atomic E-state index is 0.117. The number of hydrogen-bond donors (Lipinski definition) is 2. The van der Waals surface area contributed by atoms with Crippen molar-refractivity contribution in [2.24, 2.45) is 0 Å². The minimum Gasteiger partial charge on any atom is -0.492 e. The van der Waals surface area contributed by atoms with Gasteiger partial charge in [0.1, 0.15) is 30.8 Å². The highest BCUT2D eigenvalue weighted by molar-refractivity contribution is 5.88. The predicted octanol–water partition coefficient (Wildman–Crippen LogP) is 3.01. The Morgan fingerprint density at radius 2 is 1.71 bits per heavy atom. The molecule has 0 saturated heterocycles. The number of amides is 1. The number of likely N-dealkylation sites (N-methyl/N-ethyl adjacent to an activating group) is 1. The Morgan fingerprint density at radius 1 is 1.07 bits per heavy atom. The van der Waals surface area contributed by atoms with Crippen LogP contribution in [-0.4, -0.2) is 55.4 Å². The summed E-state index contributed by atoms with van der Waals surface area (Å²) in [6, 6.07) is 13.2. The van der Waals surface area contributed by atoms with Crippen LogP contribution in [0, 0.1) is 13.8 Å². The van der Waals surface area contributed by atoms with E-state index in [1.165, 1.54) is 18.1 Å². The molecule has 0 heterocycles. The first-order chi connectivity index (χ1) is 13.3. The van der Waals surface area contributed by atoms with Crippen molar-refractivity contribution in [1.82, 2.24) is 4.90 Å². The van der Waals surface area contributed by atoms with Crippen molar-refractivity contribution in [2.45, 2.75) is 26.9 Å². The Balaban J connectivity index is 1.67. The fourth-order valence-corrected chi connectivity index (χ4v) is 2.87. The maximum atomic E-state index is 11.0. The molecule has 0 aliphatic rings. The Labute approximate surface area is 167 Å². The van der Waals surface area contributed by atoms with Gasteiger partial charge in [0.15, 0.2) is 0 Å². The molecule has 6 nitrogen and oxygen atoms in total. The van der Waals surface area contributed by atoms with E-state index in [1.54, 1.807) is 24.3 Å². The monoisotopic (exact) mass is 386 g/mol. The van der Waals surface area contributed by atoms with Crippen molar-refractivity contribution in [1.29, 1.82) is 0 Å². The lowest BCUT2D eigenvalue weighted by molar-refractivity contribution is -0.114. The van der Waals surface area contributed by atoms with Crippen LogP contribution in [0.25, 0.3) is 0 Å². The van der Waals surface area contributed by atoms with Gasteiger partial charge >= 0.3 is 0 Å². The second kappa shape index (κ2) is 10.7. The summed E-state index contributed by atoms with van der Waals surface area (Å²) in [5.41, 5.74) is 3.08. The van der Waals surface area contributed by atoms with E-state index in [4.69, 9.17) is 9.47 Å². The summed E-state index contributed by atoms with van der Waals surface area (Å²) < 4.78 is 11.4. The largest absolute Gasteiger partial charge is 0.492 e. The summed E-state index contributed by atoms with van der Waals surface area (Å²) in [6.45, 7) is 7.50. The summed E-state index contributed by atoms with van der Waals surface area (Å²) >= 11 is 0.